The van der Waals surface area contributed by atoms with Gasteiger partial charge in [-0.25, -0.2) is 0 Å². The van der Waals surface area contributed by atoms with Crippen molar-refractivity contribution < 1.29 is 4.42 Å². The lowest BCUT2D eigenvalue weighted by atomic mass is 9.35. The van der Waals surface area contributed by atoms with Crippen LogP contribution in [0.5, 0.6) is 0 Å². The summed E-state index contributed by atoms with van der Waals surface area (Å²) >= 11 is 2.01. The molecule has 5 aromatic carbocycles. The fourth-order valence-corrected chi connectivity index (χ4v) is 12.8. The molecule has 0 spiro atoms. The zero-order chi connectivity index (χ0) is 45.2. The normalized spacial score (nSPS) is 17.5. The van der Waals surface area contributed by atoms with Gasteiger partial charge < -0.3 is 14.2 Å². The summed E-state index contributed by atoms with van der Waals surface area (Å²) in [5, 5.41) is 2.61. The molecule has 0 saturated heterocycles. The molecular weight excluding hydrogens is 796 g/mol. The first kappa shape index (κ1) is 41.7. The van der Waals surface area contributed by atoms with Gasteiger partial charge in [0.2, 0.25) is 0 Å². The molecule has 326 valence electrons. The minimum atomic E-state index is 0.0193. The molecule has 2 aliphatic heterocycles. The minimum Gasteiger partial charge on any atom is -0.454 e. The fraction of sp³-hybridized carbons (Fsp3) is 0.390. The lowest BCUT2D eigenvalue weighted by molar-refractivity contribution is 0.332. The van der Waals surface area contributed by atoms with Crippen LogP contribution >= 0.6 is 11.3 Å². The van der Waals surface area contributed by atoms with Crippen molar-refractivity contribution >= 4 is 88.9 Å². The van der Waals surface area contributed by atoms with E-state index < -0.39 is 0 Å². The molecule has 0 unspecified atom stereocenters. The summed E-state index contributed by atoms with van der Waals surface area (Å²) in [4.78, 5) is 5.29. The van der Waals surface area contributed by atoms with Crippen LogP contribution in [0, 0.1) is 6.92 Å². The van der Waals surface area contributed by atoms with Gasteiger partial charge in [-0.3, -0.25) is 0 Å². The molecule has 0 atom stereocenters. The van der Waals surface area contributed by atoms with E-state index >= 15 is 0 Å². The highest BCUT2D eigenvalue weighted by atomic mass is 32.1. The summed E-state index contributed by atoms with van der Waals surface area (Å²) in [6, 6.07) is 33.9. The number of fused-ring (bicyclic) bond motifs is 10. The van der Waals surface area contributed by atoms with Crippen LogP contribution in [0.15, 0.2) is 95.4 Å². The van der Waals surface area contributed by atoms with Gasteiger partial charge in [0.05, 0.1) is 11.4 Å². The van der Waals surface area contributed by atoms with Crippen molar-refractivity contribution in [2.75, 3.05) is 9.80 Å². The van der Waals surface area contributed by atoms with Crippen molar-refractivity contribution in [1.82, 2.24) is 0 Å². The summed E-state index contributed by atoms with van der Waals surface area (Å²) < 4.78 is 9.90. The maximum absolute atomic E-state index is 7.11. The zero-order valence-electron chi connectivity index (χ0n) is 40.8. The van der Waals surface area contributed by atoms with Gasteiger partial charge in [0.15, 0.2) is 5.76 Å². The molecule has 0 saturated carbocycles. The Kier molecular flexibility index (Phi) is 8.82. The first-order chi connectivity index (χ1) is 30.0. The van der Waals surface area contributed by atoms with Gasteiger partial charge in [-0.1, -0.05) is 126 Å². The quantitative estimate of drug-likeness (QED) is 0.161. The average Bonchev–Trinajstić information content (AvgIpc) is 3.79. The average molecular weight is 861 g/mol. The van der Waals surface area contributed by atoms with Gasteiger partial charge in [0.1, 0.15) is 5.58 Å². The molecule has 0 N–H and O–H groups in total. The number of benzene rings is 5. The number of anilines is 5. The topological polar surface area (TPSA) is 19.6 Å². The Morgan fingerprint density at radius 1 is 0.625 bits per heavy atom. The van der Waals surface area contributed by atoms with Crippen LogP contribution in [-0.4, -0.2) is 6.71 Å². The predicted octanol–water partition coefficient (Wildman–Crippen LogP) is 14.9. The van der Waals surface area contributed by atoms with E-state index in [1.807, 2.05) is 11.3 Å². The molecular formula is C59H65BN2OS. The van der Waals surface area contributed by atoms with Gasteiger partial charge in [-0.15, -0.1) is 11.3 Å². The maximum Gasteiger partial charge on any atom is 0.264 e. The van der Waals surface area contributed by atoms with Crippen LogP contribution < -0.4 is 25.5 Å². The molecule has 0 bridgehead atoms. The Balaban J connectivity index is 1.24. The number of nitrogens with zero attached hydrogens (tertiary/aromatic N) is 2. The Morgan fingerprint density at radius 2 is 1.20 bits per heavy atom. The van der Waals surface area contributed by atoms with Crippen LogP contribution in [0.1, 0.15) is 154 Å². The molecule has 0 amide bonds. The monoisotopic (exact) mass is 860 g/mol. The highest BCUT2D eigenvalue weighted by Crippen LogP contribution is 2.53. The molecule has 7 aromatic rings. The van der Waals surface area contributed by atoms with E-state index in [4.69, 9.17) is 4.42 Å². The SMILES string of the molecule is Cc1cc2c3c(c1)N(c1ccc(C(C)(C)C)cc1)c1c(sc4ccc(C(C)(C)C)cc14)B3c1cc3c(cc1N2C1=CCCc2c1oc1ccc(C(C)(C)C)cc21)C(C)(C)CCC3(C)C. The Bertz CT molecular complexity index is 3130. The van der Waals surface area contributed by atoms with Gasteiger partial charge in [-0.2, -0.15) is 0 Å². The van der Waals surface area contributed by atoms with E-state index in [9.17, 15) is 0 Å². The molecule has 0 fully saturated rings. The number of hydrogen-bond acceptors (Lipinski definition) is 4. The van der Waals surface area contributed by atoms with E-state index in [-0.39, 0.29) is 33.8 Å². The summed E-state index contributed by atoms with van der Waals surface area (Å²) in [6.45, 7) is 33.2. The third-order valence-electron chi connectivity index (χ3n) is 15.5. The van der Waals surface area contributed by atoms with Gasteiger partial charge in [0, 0.05) is 48.6 Å². The number of rotatable bonds is 2. The van der Waals surface area contributed by atoms with Gasteiger partial charge in [-0.05, 0) is 159 Å². The van der Waals surface area contributed by atoms with Crippen molar-refractivity contribution in [1.29, 1.82) is 0 Å². The van der Waals surface area contributed by atoms with Crippen LogP contribution in [-0.2, 0) is 33.5 Å². The molecule has 4 heterocycles. The lowest BCUT2D eigenvalue weighted by Gasteiger charge is -2.47. The molecule has 64 heavy (non-hydrogen) atoms. The van der Waals surface area contributed by atoms with E-state index in [0.29, 0.717) is 0 Å². The van der Waals surface area contributed by atoms with E-state index in [1.54, 1.807) is 0 Å². The second-order valence-electron chi connectivity index (χ2n) is 24.1. The maximum atomic E-state index is 7.11. The molecule has 2 aromatic heterocycles. The van der Waals surface area contributed by atoms with Crippen molar-refractivity contribution in [3.05, 3.63) is 136 Å². The van der Waals surface area contributed by atoms with Gasteiger partial charge >= 0.3 is 0 Å². The molecule has 5 heteroatoms. The van der Waals surface area contributed by atoms with Crippen molar-refractivity contribution in [2.24, 2.45) is 0 Å². The third-order valence-corrected chi connectivity index (χ3v) is 16.7. The number of allylic oxidation sites excluding steroid dienone is 1. The summed E-state index contributed by atoms with van der Waals surface area (Å²) in [7, 11) is 0. The zero-order valence-corrected chi connectivity index (χ0v) is 41.6. The van der Waals surface area contributed by atoms with Crippen LogP contribution in [0.25, 0.3) is 26.8 Å². The standard InChI is InChI=1S/C59H65BN2OS/c1-34-28-47-51-48(29-34)62(45-17-15-16-39-40-30-36(56(5,6)7)20-24-49(40)63-53(39)45)46-33-43-42(58(11,12)26-27-59(43,13)14)32-44(46)60(51)54-52(41-31-37(57(8,9)10)21-25-50(41)64-54)61(47)38-22-18-35(19-23-38)55(2,3)4/h17-25,28-33H,15-16,26-27H2,1-14H3. The van der Waals surface area contributed by atoms with E-state index in [2.05, 4.69) is 198 Å². The summed E-state index contributed by atoms with van der Waals surface area (Å²) in [6.07, 6.45) is 6.76. The molecule has 0 radical (unpaired) electrons. The summed E-state index contributed by atoms with van der Waals surface area (Å²) in [5.74, 6) is 1.02. The molecule has 4 aliphatic rings. The Morgan fingerprint density at radius 3 is 1.84 bits per heavy atom. The first-order valence-corrected chi connectivity index (χ1v) is 24.7. The number of hydrogen-bond donors (Lipinski definition) is 0. The number of thiophene rings is 1. The highest BCUT2D eigenvalue weighted by molar-refractivity contribution is 7.33. The summed E-state index contributed by atoms with van der Waals surface area (Å²) in [5.41, 5.74) is 21.2. The Hall–Kier alpha value is -5.00. The Labute approximate surface area is 386 Å². The van der Waals surface area contributed by atoms with Crippen molar-refractivity contribution in [2.45, 2.75) is 150 Å². The third kappa shape index (κ3) is 6.19. The number of furan rings is 1. The van der Waals surface area contributed by atoms with Crippen LogP contribution in [0.4, 0.5) is 28.4 Å². The molecule has 2 aliphatic carbocycles. The highest BCUT2D eigenvalue weighted by Gasteiger charge is 2.49. The predicted molar refractivity (Wildman–Crippen MR) is 278 cm³/mol. The smallest absolute Gasteiger partial charge is 0.264 e. The second kappa shape index (κ2) is 13.5. The molecule has 11 rings (SSSR count). The van der Waals surface area contributed by atoms with Crippen LogP contribution in [0.2, 0.25) is 0 Å². The minimum absolute atomic E-state index is 0.0193. The van der Waals surface area contributed by atoms with Crippen LogP contribution in [0.3, 0.4) is 0 Å². The van der Waals surface area contributed by atoms with Crippen molar-refractivity contribution in [3.63, 3.8) is 0 Å². The number of aryl methyl sites for hydroxylation is 2. The fourth-order valence-electron chi connectivity index (χ4n) is 11.5. The van der Waals surface area contributed by atoms with Gasteiger partial charge in [0.25, 0.3) is 6.71 Å². The molecule has 3 nitrogen and oxygen atoms in total. The second-order valence-corrected chi connectivity index (χ2v) is 25.2. The lowest BCUT2D eigenvalue weighted by Crippen LogP contribution is -2.61. The van der Waals surface area contributed by atoms with Crippen molar-refractivity contribution in [3.8, 4) is 0 Å². The van der Waals surface area contributed by atoms with E-state index in [0.717, 1.165) is 24.2 Å². The van der Waals surface area contributed by atoms with E-state index in [1.165, 1.54) is 117 Å². The first-order valence-electron chi connectivity index (χ1n) is 23.9. The largest absolute Gasteiger partial charge is 0.454 e.